The van der Waals surface area contributed by atoms with Crippen molar-refractivity contribution in [3.8, 4) is 5.75 Å². The molecule has 0 radical (unpaired) electrons. The van der Waals surface area contributed by atoms with Crippen molar-refractivity contribution < 1.29 is 13.2 Å². The van der Waals surface area contributed by atoms with Crippen LogP contribution in [-0.2, 0) is 9.84 Å². The van der Waals surface area contributed by atoms with Crippen LogP contribution < -0.4 is 16.0 Å². The molecule has 1 unspecified atom stereocenters. The van der Waals surface area contributed by atoms with E-state index in [-0.39, 0.29) is 23.7 Å². The first-order chi connectivity index (χ1) is 9.88. The summed E-state index contributed by atoms with van der Waals surface area (Å²) in [6.45, 7) is 5.61. The highest BCUT2D eigenvalue weighted by Gasteiger charge is 2.13. The predicted molar refractivity (Wildman–Crippen MR) is 85.8 cm³/mol. The zero-order valence-electron chi connectivity index (χ0n) is 13.0. The molecule has 0 fully saturated rings. The second-order valence-electron chi connectivity index (χ2n) is 5.34. The summed E-state index contributed by atoms with van der Waals surface area (Å²) in [5, 5.41) is 0. The minimum Gasteiger partial charge on any atom is -0.491 e. The Morgan fingerprint density at radius 2 is 2.05 bits per heavy atom. The molecule has 1 rings (SSSR count). The topological polar surface area (TPSA) is 81.4 Å². The second kappa shape index (κ2) is 8.36. The predicted octanol–water partition coefficient (Wildman–Crippen LogP) is 2.19. The SMILES string of the molecule is CCS(=O)(=O)CCCC(NN)c1cccc(OC(C)C)c1. The highest BCUT2D eigenvalue weighted by Crippen LogP contribution is 2.23. The maximum absolute atomic E-state index is 11.5. The van der Waals surface area contributed by atoms with Gasteiger partial charge in [-0.1, -0.05) is 19.1 Å². The molecule has 0 aliphatic heterocycles. The van der Waals surface area contributed by atoms with Crippen LogP contribution in [0.25, 0.3) is 0 Å². The van der Waals surface area contributed by atoms with Crippen LogP contribution in [0, 0.1) is 0 Å². The highest BCUT2D eigenvalue weighted by molar-refractivity contribution is 7.91. The van der Waals surface area contributed by atoms with Gasteiger partial charge in [-0.15, -0.1) is 0 Å². The summed E-state index contributed by atoms with van der Waals surface area (Å²) in [5.74, 6) is 6.78. The van der Waals surface area contributed by atoms with Crippen LogP contribution in [-0.4, -0.2) is 26.0 Å². The molecule has 1 aromatic rings. The quantitative estimate of drug-likeness (QED) is 0.539. The van der Waals surface area contributed by atoms with Crippen LogP contribution in [0.1, 0.15) is 45.2 Å². The van der Waals surface area contributed by atoms with Crippen LogP contribution in [0.3, 0.4) is 0 Å². The summed E-state index contributed by atoms with van der Waals surface area (Å²) in [6, 6.07) is 7.65. The Morgan fingerprint density at radius 1 is 1.33 bits per heavy atom. The molecule has 0 amide bonds. The first-order valence-electron chi connectivity index (χ1n) is 7.31. The van der Waals surface area contributed by atoms with Gasteiger partial charge in [0.15, 0.2) is 0 Å². The largest absolute Gasteiger partial charge is 0.491 e. The average molecular weight is 314 g/mol. The Balaban J connectivity index is 2.67. The van der Waals surface area contributed by atoms with E-state index >= 15 is 0 Å². The first kappa shape index (κ1) is 17.9. The van der Waals surface area contributed by atoms with E-state index < -0.39 is 9.84 Å². The smallest absolute Gasteiger partial charge is 0.150 e. The number of nitrogens with two attached hydrogens (primary N) is 1. The number of hydrogen-bond donors (Lipinski definition) is 2. The average Bonchev–Trinajstić information content (AvgIpc) is 2.43. The van der Waals surface area contributed by atoms with E-state index in [0.717, 1.165) is 11.3 Å². The van der Waals surface area contributed by atoms with Gasteiger partial charge in [-0.2, -0.15) is 0 Å². The minimum atomic E-state index is -2.92. The third-order valence-electron chi connectivity index (χ3n) is 3.22. The fourth-order valence-corrected chi connectivity index (χ4v) is 2.97. The number of rotatable bonds is 9. The molecule has 0 saturated carbocycles. The van der Waals surface area contributed by atoms with Crippen molar-refractivity contribution in [2.45, 2.75) is 45.8 Å². The number of hydrazine groups is 1. The summed E-state index contributed by atoms with van der Waals surface area (Å²) in [7, 11) is -2.92. The summed E-state index contributed by atoms with van der Waals surface area (Å²) < 4.78 is 28.7. The van der Waals surface area contributed by atoms with Crippen molar-refractivity contribution in [1.82, 2.24) is 5.43 Å². The number of sulfone groups is 1. The van der Waals surface area contributed by atoms with E-state index in [2.05, 4.69) is 5.43 Å². The van der Waals surface area contributed by atoms with E-state index in [1.807, 2.05) is 38.1 Å². The fraction of sp³-hybridized carbons (Fsp3) is 0.600. The van der Waals surface area contributed by atoms with Crippen LogP contribution in [0.5, 0.6) is 5.75 Å². The molecule has 120 valence electrons. The molecule has 21 heavy (non-hydrogen) atoms. The van der Waals surface area contributed by atoms with E-state index in [1.54, 1.807) is 6.92 Å². The second-order valence-corrected chi connectivity index (χ2v) is 7.81. The molecular formula is C15H26N2O3S. The van der Waals surface area contributed by atoms with Gasteiger partial charge in [0.05, 0.1) is 11.9 Å². The van der Waals surface area contributed by atoms with Gasteiger partial charge >= 0.3 is 0 Å². The normalized spacial score (nSPS) is 13.4. The lowest BCUT2D eigenvalue weighted by Gasteiger charge is -2.18. The van der Waals surface area contributed by atoms with Crippen molar-refractivity contribution in [1.29, 1.82) is 0 Å². The van der Waals surface area contributed by atoms with Crippen LogP contribution >= 0.6 is 0 Å². The van der Waals surface area contributed by atoms with Gasteiger partial charge in [0, 0.05) is 11.8 Å². The molecule has 0 heterocycles. The Morgan fingerprint density at radius 3 is 2.62 bits per heavy atom. The fourth-order valence-electron chi connectivity index (χ4n) is 2.07. The zero-order chi connectivity index (χ0) is 15.9. The van der Waals surface area contributed by atoms with Crippen molar-refractivity contribution in [2.75, 3.05) is 11.5 Å². The molecule has 0 aromatic heterocycles. The molecule has 6 heteroatoms. The molecule has 0 bridgehead atoms. The molecule has 5 nitrogen and oxygen atoms in total. The van der Waals surface area contributed by atoms with Gasteiger partial charge in [-0.25, -0.2) is 8.42 Å². The maximum atomic E-state index is 11.5. The third kappa shape index (κ3) is 6.46. The maximum Gasteiger partial charge on any atom is 0.150 e. The van der Waals surface area contributed by atoms with Gasteiger partial charge in [-0.05, 0) is 44.4 Å². The molecule has 3 N–H and O–H groups in total. The Hall–Kier alpha value is -1.11. The number of hydrogen-bond acceptors (Lipinski definition) is 5. The van der Waals surface area contributed by atoms with Crippen LogP contribution in [0.15, 0.2) is 24.3 Å². The first-order valence-corrected chi connectivity index (χ1v) is 9.13. The van der Waals surface area contributed by atoms with Gasteiger partial charge < -0.3 is 4.74 Å². The summed E-state index contributed by atoms with van der Waals surface area (Å²) in [6.07, 6.45) is 1.36. The molecule has 0 aliphatic rings. The molecule has 1 atom stereocenters. The van der Waals surface area contributed by atoms with Crippen molar-refractivity contribution >= 4 is 9.84 Å². The van der Waals surface area contributed by atoms with Crippen LogP contribution in [0.2, 0.25) is 0 Å². The van der Waals surface area contributed by atoms with E-state index in [0.29, 0.717) is 12.8 Å². The van der Waals surface area contributed by atoms with Crippen molar-refractivity contribution in [2.24, 2.45) is 5.84 Å². The van der Waals surface area contributed by atoms with E-state index in [4.69, 9.17) is 10.6 Å². The van der Waals surface area contributed by atoms with E-state index in [9.17, 15) is 8.42 Å². The number of nitrogens with one attached hydrogen (secondary N) is 1. The number of benzene rings is 1. The zero-order valence-corrected chi connectivity index (χ0v) is 13.8. The Labute approximate surface area is 127 Å². The van der Waals surface area contributed by atoms with Gasteiger partial charge in [0.25, 0.3) is 0 Å². The minimum absolute atomic E-state index is 0.0761. The monoisotopic (exact) mass is 314 g/mol. The standard InChI is InChI=1S/C15H26N2O3S/c1-4-21(18,19)10-6-9-15(17-16)13-7-5-8-14(11-13)20-12(2)3/h5,7-8,11-12,15,17H,4,6,9-10,16H2,1-3H3. The lowest BCUT2D eigenvalue weighted by atomic mass is 10.0. The summed E-state index contributed by atoms with van der Waals surface area (Å²) >= 11 is 0. The van der Waals surface area contributed by atoms with Gasteiger partial charge in [0.2, 0.25) is 0 Å². The van der Waals surface area contributed by atoms with Gasteiger partial charge in [0.1, 0.15) is 15.6 Å². The molecular weight excluding hydrogens is 288 g/mol. The van der Waals surface area contributed by atoms with Crippen molar-refractivity contribution in [3.05, 3.63) is 29.8 Å². The highest BCUT2D eigenvalue weighted by atomic mass is 32.2. The Kier molecular flexibility index (Phi) is 7.14. The van der Waals surface area contributed by atoms with Crippen LogP contribution in [0.4, 0.5) is 0 Å². The van der Waals surface area contributed by atoms with Gasteiger partial charge in [-0.3, -0.25) is 11.3 Å². The molecule has 0 saturated heterocycles. The lowest BCUT2D eigenvalue weighted by Crippen LogP contribution is -2.28. The molecule has 0 spiro atoms. The molecule has 0 aliphatic carbocycles. The third-order valence-corrected chi connectivity index (χ3v) is 5.01. The van der Waals surface area contributed by atoms with E-state index in [1.165, 1.54) is 0 Å². The van der Waals surface area contributed by atoms with Crippen molar-refractivity contribution in [3.63, 3.8) is 0 Å². The Bertz CT molecular complexity index is 529. The number of ether oxygens (including phenoxy) is 1. The summed E-state index contributed by atoms with van der Waals surface area (Å²) in [5.41, 5.74) is 3.76. The lowest BCUT2D eigenvalue weighted by molar-refractivity contribution is 0.242. The molecule has 1 aromatic carbocycles. The summed E-state index contributed by atoms with van der Waals surface area (Å²) in [4.78, 5) is 0.